The lowest BCUT2D eigenvalue weighted by Gasteiger charge is -2.31. The maximum Gasteiger partial charge on any atom is 0.218 e. The monoisotopic (exact) mass is 252 g/mol. The molecule has 0 aliphatic carbocycles. The molecule has 102 valence electrons. The number of hydrogen-bond donors (Lipinski definition) is 1. The van der Waals surface area contributed by atoms with Crippen molar-refractivity contribution in [2.24, 2.45) is 5.73 Å². The lowest BCUT2D eigenvalue weighted by molar-refractivity contribution is 0.395. The largest absolute Gasteiger partial charge is 0.481 e. The summed E-state index contributed by atoms with van der Waals surface area (Å²) in [7, 11) is 1.62. The van der Waals surface area contributed by atoms with E-state index in [0.717, 1.165) is 31.0 Å². The van der Waals surface area contributed by atoms with E-state index in [0.29, 0.717) is 18.5 Å². The van der Waals surface area contributed by atoms with E-state index in [4.69, 9.17) is 10.5 Å². The average molecular weight is 252 g/mol. The molecule has 0 saturated carbocycles. The number of nitrogens with two attached hydrogens (primary N) is 1. The number of hydrogen-bond acceptors (Lipinski definition) is 5. The van der Waals surface area contributed by atoms with Gasteiger partial charge in [0, 0.05) is 25.2 Å². The molecule has 0 unspecified atom stereocenters. The highest BCUT2D eigenvalue weighted by molar-refractivity contribution is 5.43. The molecule has 1 aromatic heterocycles. The second kappa shape index (κ2) is 7.16. The molecule has 5 nitrogen and oxygen atoms in total. The molecule has 1 heterocycles. The van der Waals surface area contributed by atoms with Crippen molar-refractivity contribution >= 4 is 5.82 Å². The molecule has 0 spiro atoms. The van der Waals surface area contributed by atoms with Crippen molar-refractivity contribution in [2.75, 3.05) is 25.1 Å². The standard InChI is InChI=1S/C13H24N4O/c1-5-11(6-2)17(8-7-14)12-9-13(18-4)16-10(3)15-12/h9,11H,5-8,14H2,1-4H3. The van der Waals surface area contributed by atoms with E-state index in [9.17, 15) is 0 Å². The van der Waals surface area contributed by atoms with Gasteiger partial charge in [-0.05, 0) is 19.8 Å². The van der Waals surface area contributed by atoms with Crippen LogP contribution in [0.1, 0.15) is 32.5 Å². The Bertz CT molecular complexity index is 366. The molecule has 1 rings (SSSR count). The highest BCUT2D eigenvalue weighted by Gasteiger charge is 2.17. The van der Waals surface area contributed by atoms with Gasteiger partial charge in [-0.25, -0.2) is 4.98 Å². The van der Waals surface area contributed by atoms with Crippen LogP contribution in [0.3, 0.4) is 0 Å². The van der Waals surface area contributed by atoms with E-state index in [1.54, 1.807) is 7.11 Å². The first-order valence-corrected chi connectivity index (χ1v) is 6.52. The molecule has 2 N–H and O–H groups in total. The summed E-state index contributed by atoms with van der Waals surface area (Å²) in [6.07, 6.45) is 2.14. The van der Waals surface area contributed by atoms with Gasteiger partial charge in [0.05, 0.1) is 7.11 Å². The Kier molecular flexibility index (Phi) is 5.85. The van der Waals surface area contributed by atoms with Gasteiger partial charge in [0.1, 0.15) is 11.6 Å². The SMILES string of the molecule is CCC(CC)N(CCN)c1cc(OC)nc(C)n1. The first-order chi connectivity index (χ1) is 8.65. The Morgan fingerprint density at radius 3 is 2.50 bits per heavy atom. The summed E-state index contributed by atoms with van der Waals surface area (Å²) in [5, 5.41) is 0. The van der Waals surface area contributed by atoms with Crippen molar-refractivity contribution in [1.82, 2.24) is 9.97 Å². The van der Waals surface area contributed by atoms with Gasteiger partial charge < -0.3 is 15.4 Å². The minimum atomic E-state index is 0.451. The van der Waals surface area contributed by atoms with Crippen LogP contribution in [-0.2, 0) is 0 Å². The molecule has 0 saturated heterocycles. The van der Waals surface area contributed by atoms with Gasteiger partial charge in [-0.3, -0.25) is 0 Å². The normalized spacial score (nSPS) is 10.8. The van der Waals surface area contributed by atoms with Crippen LogP contribution < -0.4 is 15.4 Å². The average Bonchev–Trinajstić information content (AvgIpc) is 2.38. The smallest absolute Gasteiger partial charge is 0.218 e. The molecule has 0 fully saturated rings. The minimum absolute atomic E-state index is 0.451. The molecule has 18 heavy (non-hydrogen) atoms. The molecule has 0 bridgehead atoms. The molecule has 0 amide bonds. The Labute approximate surface area is 109 Å². The summed E-state index contributed by atoms with van der Waals surface area (Å²) in [5.41, 5.74) is 5.71. The third-order valence-corrected chi connectivity index (χ3v) is 3.06. The number of rotatable bonds is 7. The summed E-state index contributed by atoms with van der Waals surface area (Å²) in [6, 6.07) is 2.33. The summed E-state index contributed by atoms with van der Waals surface area (Å²) in [5.74, 6) is 2.22. The van der Waals surface area contributed by atoms with Gasteiger partial charge in [0.2, 0.25) is 5.88 Å². The zero-order valence-electron chi connectivity index (χ0n) is 11.8. The van der Waals surface area contributed by atoms with Gasteiger partial charge in [-0.2, -0.15) is 4.98 Å². The Balaban J connectivity index is 3.07. The zero-order valence-corrected chi connectivity index (χ0v) is 11.8. The van der Waals surface area contributed by atoms with E-state index in [-0.39, 0.29) is 0 Å². The number of ether oxygens (including phenoxy) is 1. The molecule has 0 radical (unpaired) electrons. The van der Waals surface area contributed by atoms with E-state index in [1.807, 2.05) is 13.0 Å². The predicted octanol–water partition coefficient (Wildman–Crippen LogP) is 1.75. The molecular weight excluding hydrogens is 228 g/mol. The number of nitrogens with zero attached hydrogens (tertiary/aromatic N) is 3. The zero-order chi connectivity index (χ0) is 13.5. The highest BCUT2D eigenvalue weighted by atomic mass is 16.5. The third-order valence-electron chi connectivity index (χ3n) is 3.06. The maximum atomic E-state index is 5.71. The summed E-state index contributed by atoms with van der Waals surface area (Å²) in [4.78, 5) is 11.0. The van der Waals surface area contributed by atoms with Crippen molar-refractivity contribution < 1.29 is 4.74 Å². The highest BCUT2D eigenvalue weighted by Crippen LogP contribution is 2.21. The second-order valence-corrected chi connectivity index (χ2v) is 4.27. The van der Waals surface area contributed by atoms with E-state index >= 15 is 0 Å². The van der Waals surface area contributed by atoms with Gasteiger partial charge in [0.15, 0.2) is 0 Å². The lowest BCUT2D eigenvalue weighted by atomic mass is 10.1. The van der Waals surface area contributed by atoms with Gasteiger partial charge in [-0.1, -0.05) is 13.8 Å². The number of aromatic nitrogens is 2. The number of anilines is 1. The van der Waals surface area contributed by atoms with Crippen LogP contribution >= 0.6 is 0 Å². The Morgan fingerprint density at radius 2 is 2.00 bits per heavy atom. The van der Waals surface area contributed by atoms with Crippen LogP contribution in [0.5, 0.6) is 5.88 Å². The fraction of sp³-hybridized carbons (Fsp3) is 0.692. The first kappa shape index (κ1) is 14.7. The van der Waals surface area contributed by atoms with Crippen LogP contribution in [0.2, 0.25) is 0 Å². The fourth-order valence-corrected chi connectivity index (χ4v) is 2.13. The van der Waals surface area contributed by atoms with Crippen LogP contribution in [0.4, 0.5) is 5.82 Å². The third kappa shape index (κ3) is 3.57. The summed E-state index contributed by atoms with van der Waals surface area (Å²) >= 11 is 0. The molecule has 1 aromatic rings. The lowest BCUT2D eigenvalue weighted by Crippen LogP contribution is -2.39. The van der Waals surface area contributed by atoms with Crippen molar-refractivity contribution in [3.8, 4) is 5.88 Å². The molecular formula is C13H24N4O. The van der Waals surface area contributed by atoms with Gasteiger partial charge >= 0.3 is 0 Å². The quantitative estimate of drug-likeness (QED) is 0.801. The summed E-state index contributed by atoms with van der Waals surface area (Å²) < 4.78 is 5.20. The predicted molar refractivity (Wildman–Crippen MR) is 74.1 cm³/mol. The van der Waals surface area contributed by atoms with Crippen LogP contribution in [0.15, 0.2) is 6.07 Å². The van der Waals surface area contributed by atoms with Crippen molar-refractivity contribution in [3.05, 3.63) is 11.9 Å². The second-order valence-electron chi connectivity index (χ2n) is 4.27. The van der Waals surface area contributed by atoms with E-state index in [1.165, 1.54) is 0 Å². The van der Waals surface area contributed by atoms with Crippen LogP contribution in [-0.4, -0.2) is 36.2 Å². The minimum Gasteiger partial charge on any atom is -0.481 e. The van der Waals surface area contributed by atoms with Crippen molar-refractivity contribution in [2.45, 2.75) is 39.7 Å². The number of methoxy groups -OCH3 is 1. The molecule has 0 atom stereocenters. The topological polar surface area (TPSA) is 64.3 Å². The fourth-order valence-electron chi connectivity index (χ4n) is 2.13. The molecule has 0 aliphatic heterocycles. The molecule has 5 heteroatoms. The molecule has 0 aliphatic rings. The number of aryl methyl sites for hydroxylation is 1. The Hall–Kier alpha value is -1.36. The first-order valence-electron chi connectivity index (χ1n) is 6.52. The Morgan fingerprint density at radius 1 is 1.33 bits per heavy atom. The van der Waals surface area contributed by atoms with Crippen LogP contribution in [0, 0.1) is 6.92 Å². The van der Waals surface area contributed by atoms with Crippen LogP contribution in [0.25, 0.3) is 0 Å². The van der Waals surface area contributed by atoms with Gasteiger partial charge in [-0.15, -0.1) is 0 Å². The summed E-state index contributed by atoms with van der Waals surface area (Å²) in [6.45, 7) is 7.65. The van der Waals surface area contributed by atoms with Gasteiger partial charge in [0.25, 0.3) is 0 Å². The van der Waals surface area contributed by atoms with Crippen molar-refractivity contribution in [1.29, 1.82) is 0 Å². The molecule has 0 aromatic carbocycles. The van der Waals surface area contributed by atoms with E-state index in [2.05, 4.69) is 28.7 Å². The maximum absolute atomic E-state index is 5.71. The van der Waals surface area contributed by atoms with Crippen molar-refractivity contribution in [3.63, 3.8) is 0 Å². The van der Waals surface area contributed by atoms with E-state index < -0.39 is 0 Å².